The van der Waals surface area contributed by atoms with Crippen molar-refractivity contribution in [2.75, 3.05) is 32.8 Å². The highest BCUT2D eigenvalue weighted by atomic mass is 16.5. The number of carbonyl (C=O) groups excluding carboxylic acids is 1. The van der Waals surface area contributed by atoms with Crippen molar-refractivity contribution in [3.63, 3.8) is 0 Å². The van der Waals surface area contributed by atoms with Crippen LogP contribution in [-0.2, 0) is 4.74 Å². The Morgan fingerprint density at radius 2 is 2.24 bits per heavy atom. The Balaban J connectivity index is 1.33. The van der Waals surface area contributed by atoms with Crippen molar-refractivity contribution in [2.45, 2.75) is 31.4 Å². The van der Waals surface area contributed by atoms with Crippen molar-refractivity contribution in [1.29, 1.82) is 0 Å². The molecule has 1 saturated carbocycles. The Morgan fingerprint density at radius 3 is 3.00 bits per heavy atom. The van der Waals surface area contributed by atoms with E-state index >= 15 is 0 Å². The van der Waals surface area contributed by atoms with E-state index in [-0.39, 0.29) is 5.91 Å². The molecule has 0 unspecified atom stereocenters. The van der Waals surface area contributed by atoms with Gasteiger partial charge in [0.1, 0.15) is 0 Å². The molecule has 3 aliphatic rings. The summed E-state index contributed by atoms with van der Waals surface area (Å²) in [5.41, 5.74) is 0. The molecule has 5 heteroatoms. The van der Waals surface area contributed by atoms with Crippen LogP contribution in [0.5, 0.6) is 0 Å². The molecule has 1 aliphatic carbocycles. The van der Waals surface area contributed by atoms with Gasteiger partial charge in [-0.25, -0.2) is 0 Å². The normalized spacial score (nSPS) is 29.6. The molecule has 21 heavy (non-hydrogen) atoms. The summed E-state index contributed by atoms with van der Waals surface area (Å²) in [7, 11) is 0. The Hall–Kier alpha value is -1.33. The summed E-state index contributed by atoms with van der Waals surface area (Å²) in [6.07, 6.45) is 5.64. The smallest absolute Gasteiger partial charge is 0.289 e. The van der Waals surface area contributed by atoms with Crippen molar-refractivity contribution in [3.8, 4) is 0 Å². The number of piperazine rings is 1. The van der Waals surface area contributed by atoms with Crippen molar-refractivity contribution in [3.05, 3.63) is 24.2 Å². The Kier molecular flexibility index (Phi) is 3.47. The summed E-state index contributed by atoms with van der Waals surface area (Å²) in [4.78, 5) is 16.7. The monoisotopic (exact) mass is 290 g/mol. The quantitative estimate of drug-likeness (QED) is 0.845. The molecule has 0 bridgehead atoms. The summed E-state index contributed by atoms with van der Waals surface area (Å²) < 4.78 is 11.2. The predicted molar refractivity (Wildman–Crippen MR) is 77.1 cm³/mol. The van der Waals surface area contributed by atoms with Crippen LogP contribution >= 0.6 is 0 Å². The molecule has 0 radical (unpaired) electrons. The van der Waals surface area contributed by atoms with Gasteiger partial charge in [0.2, 0.25) is 0 Å². The number of rotatable bonds is 4. The fourth-order valence-electron chi connectivity index (χ4n) is 3.41. The van der Waals surface area contributed by atoms with E-state index in [9.17, 15) is 4.79 Å². The van der Waals surface area contributed by atoms with Crippen LogP contribution in [0.25, 0.3) is 0 Å². The first-order chi connectivity index (χ1) is 10.3. The lowest BCUT2D eigenvalue weighted by molar-refractivity contribution is 0.0483. The van der Waals surface area contributed by atoms with Crippen LogP contribution in [0.15, 0.2) is 22.8 Å². The second-order valence-corrected chi connectivity index (χ2v) is 6.51. The van der Waals surface area contributed by atoms with Gasteiger partial charge < -0.3 is 14.1 Å². The average molecular weight is 290 g/mol. The molecule has 3 heterocycles. The molecule has 4 rings (SSSR count). The third-order valence-electron chi connectivity index (χ3n) is 4.86. The van der Waals surface area contributed by atoms with Crippen LogP contribution < -0.4 is 0 Å². The van der Waals surface area contributed by atoms with Gasteiger partial charge in [-0.15, -0.1) is 0 Å². The Morgan fingerprint density at radius 1 is 1.33 bits per heavy atom. The van der Waals surface area contributed by atoms with E-state index in [2.05, 4.69) is 4.90 Å². The van der Waals surface area contributed by atoms with Crippen molar-refractivity contribution >= 4 is 5.91 Å². The van der Waals surface area contributed by atoms with Gasteiger partial charge in [-0.1, -0.05) is 0 Å². The van der Waals surface area contributed by atoms with Crippen molar-refractivity contribution in [1.82, 2.24) is 9.80 Å². The first-order valence-electron chi connectivity index (χ1n) is 7.98. The van der Waals surface area contributed by atoms with Gasteiger partial charge in [-0.05, 0) is 37.3 Å². The van der Waals surface area contributed by atoms with E-state index in [1.54, 1.807) is 18.4 Å². The van der Waals surface area contributed by atoms with E-state index in [0.717, 1.165) is 45.1 Å². The fraction of sp³-hybridized carbons (Fsp3) is 0.688. The van der Waals surface area contributed by atoms with Crippen molar-refractivity contribution < 1.29 is 13.9 Å². The fourth-order valence-corrected chi connectivity index (χ4v) is 3.41. The molecule has 114 valence electrons. The lowest BCUT2D eigenvalue weighted by atomic mass is 10.1. The number of amides is 1. The molecule has 1 amide bonds. The first-order valence-corrected chi connectivity index (χ1v) is 7.98. The number of furan rings is 1. The largest absolute Gasteiger partial charge is 0.459 e. The minimum atomic E-state index is 0.0157. The van der Waals surface area contributed by atoms with Gasteiger partial charge in [0, 0.05) is 38.8 Å². The van der Waals surface area contributed by atoms with Gasteiger partial charge in [0.05, 0.1) is 12.4 Å². The van der Waals surface area contributed by atoms with Gasteiger partial charge in [0.15, 0.2) is 5.76 Å². The van der Waals surface area contributed by atoms with Gasteiger partial charge >= 0.3 is 0 Å². The van der Waals surface area contributed by atoms with Gasteiger partial charge in [-0.2, -0.15) is 0 Å². The number of fused-ring (bicyclic) bond motifs is 1. The molecule has 0 N–H and O–H groups in total. The van der Waals surface area contributed by atoms with Gasteiger partial charge in [0.25, 0.3) is 5.91 Å². The molecule has 1 aromatic rings. The van der Waals surface area contributed by atoms with Crippen LogP contribution in [0.4, 0.5) is 0 Å². The van der Waals surface area contributed by atoms with Crippen LogP contribution in [0, 0.1) is 5.92 Å². The molecule has 0 aromatic carbocycles. The zero-order valence-corrected chi connectivity index (χ0v) is 12.2. The van der Waals surface area contributed by atoms with E-state index in [4.69, 9.17) is 9.15 Å². The second-order valence-electron chi connectivity index (χ2n) is 6.51. The standard InChI is InChI=1S/C16H22N2O3/c19-16(15-2-1-7-20-15)18-6-5-17-10-14(8-13(17)9-18)21-11-12-3-4-12/h1-2,7,12-14H,3-6,8-11H2/t13-,14-/m1/s1. The van der Waals surface area contributed by atoms with Crippen LogP contribution in [0.2, 0.25) is 0 Å². The zero-order chi connectivity index (χ0) is 14.2. The number of hydrogen-bond donors (Lipinski definition) is 0. The Bertz CT molecular complexity index is 498. The molecule has 1 aromatic heterocycles. The molecule has 3 fully saturated rings. The van der Waals surface area contributed by atoms with E-state index in [1.165, 1.54) is 12.8 Å². The maximum Gasteiger partial charge on any atom is 0.289 e. The minimum Gasteiger partial charge on any atom is -0.459 e. The molecular formula is C16H22N2O3. The maximum atomic E-state index is 12.3. The third kappa shape index (κ3) is 2.85. The highest BCUT2D eigenvalue weighted by molar-refractivity contribution is 5.91. The summed E-state index contributed by atoms with van der Waals surface area (Å²) >= 11 is 0. The summed E-state index contributed by atoms with van der Waals surface area (Å²) in [6.45, 7) is 4.48. The topological polar surface area (TPSA) is 45.9 Å². The predicted octanol–water partition coefficient (Wildman–Crippen LogP) is 1.60. The highest BCUT2D eigenvalue weighted by Crippen LogP contribution is 2.31. The van der Waals surface area contributed by atoms with Crippen LogP contribution in [-0.4, -0.2) is 60.6 Å². The van der Waals surface area contributed by atoms with Crippen molar-refractivity contribution in [2.24, 2.45) is 5.92 Å². The highest BCUT2D eigenvalue weighted by Gasteiger charge is 2.38. The molecule has 5 nitrogen and oxygen atoms in total. The Labute approximate surface area is 124 Å². The number of ether oxygens (including phenoxy) is 1. The van der Waals surface area contributed by atoms with E-state index in [0.29, 0.717) is 17.9 Å². The summed E-state index contributed by atoms with van der Waals surface area (Å²) in [5, 5.41) is 0. The number of carbonyl (C=O) groups is 1. The number of hydrogen-bond acceptors (Lipinski definition) is 4. The number of nitrogens with zero attached hydrogens (tertiary/aromatic N) is 2. The molecular weight excluding hydrogens is 268 g/mol. The van der Waals surface area contributed by atoms with Crippen LogP contribution in [0.1, 0.15) is 29.8 Å². The first kappa shape index (κ1) is 13.3. The third-order valence-corrected chi connectivity index (χ3v) is 4.86. The minimum absolute atomic E-state index is 0.0157. The van der Waals surface area contributed by atoms with E-state index in [1.807, 2.05) is 4.90 Å². The lowest BCUT2D eigenvalue weighted by Crippen LogP contribution is -2.52. The summed E-state index contributed by atoms with van der Waals surface area (Å²) in [6, 6.07) is 3.95. The molecule has 2 aliphatic heterocycles. The zero-order valence-electron chi connectivity index (χ0n) is 12.2. The van der Waals surface area contributed by atoms with E-state index < -0.39 is 0 Å². The maximum absolute atomic E-state index is 12.3. The second kappa shape index (κ2) is 5.46. The molecule has 2 atom stereocenters. The average Bonchev–Trinajstić information content (AvgIpc) is 3.02. The van der Waals surface area contributed by atoms with Crippen LogP contribution in [0.3, 0.4) is 0 Å². The molecule has 0 spiro atoms. The lowest BCUT2D eigenvalue weighted by Gasteiger charge is -2.36. The summed E-state index contributed by atoms with van der Waals surface area (Å²) in [5.74, 6) is 1.28. The van der Waals surface area contributed by atoms with Gasteiger partial charge in [-0.3, -0.25) is 9.69 Å². The molecule has 2 saturated heterocycles. The SMILES string of the molecule is O=C(c1ccco1)N1CCN2C[C@H](OCC3CC3)C[C@@H]2C1.